The van der Waals surface area contributed by atoms with E-state index in [-0.39, 0.29) is 0 Å². The van der Waals surface area contributed by atoms with Gasteiger partial charge in [0.15, 0.2) is 0 Å². The zero-order chi connectivity index (χ0) is 12.6. The number of hydrogen-bond donors (Lipinski definition) is 2. The van der Waals surface area contributed by atoms with Crippen molar-refractivity contribution < 1.29 is 9.90 Å². The van der Waals surface area contributed by atoms with E-state index in [1.54, 1.807) is 24.3 Å². The van der Waals surface area contributed by atoms with E-state index in [0.29, 0.717) is 10.9 Å². The summed E-state index contributed by atoms with van der Waals surface area (Å²) >= 11 is 0. The highest BCUT2D eigenvalue weighted by Crippen LogP contribution is 2.12. The van der Waals surface area contributed by atoms with Crippen molar-refractivity contribution in [2.75, 3.05) is 0 Å². The molecule has 1 atom stereocenters. The summed E-state index contributed by atoms with van der Waals surface area (Å²) < 4.78 is 1.05. The Morgan fingerprint density at radius 2 is 2.00 bits per heavy atom. The van der Waals surface area contributed by atoms with Crippen LogP contribution in [0.15, 0.2) is 33.9 Å². The average Bonchev–Trinajstić information content (AvgIpc) is 2.28. The first-order valence-electron chi connectivity index (χ1n) is 4.98. The lowest BCUT2D eigenvalue weighted by molar-refractivity contribution is -0.140. The van der Waals surface area contributed by atoms with Gasteiger partial charge in [0.2, 0.25) is 0 Å². The number of carboxylic acids is 1. The van der Waals surface area contributed by atoms with Crippen LogP contribution in [-0.2, 0) is 4.79 Å². The maximum atomic E-state index is 11.6. The second kappa shape index (κ2) is 3.89. The van der Waals surface area contributed by atoms with Crippen molar-refractivity contribution in [1.29, 1.82) is 0 Å². The lowest BCUT2D eigenvalue weighted by Crippen LogP contribution is -2.34. The quantitative estimate of drug-likeness (QED) is 0.783. The van der Waals surface area contributed by atoms with Gasteiger partial charge in [0, 0.05) is 0 Å². The number of nitrogens with zero attached hydrogens (tertiary/aromatic N) is 1. The van der Waals surface area contributed by atoms with Gasteiger partial charge in [-0.25, -0.2) is 9.59 Å². The molecule has 6 heteroatoms. The topological polar surface area (TPSA) is 92.2 Å². The molecule has 0 aliphatic heterocycles. The summed E-state index contributed by atoms with van der Waals surface area (Å²) in [5, 5.41) is 9.23. The molecule has 0 amide bonds. The molecule has 17 heavy (non-hydrogen) atoms. The Kier molecular flexibility index (Phi) is 2.55. The molecule has 0 aliphatic rings. The lowest BCUT2D eigenvalue weighted by atomic mass is 10.2. The number of fused-ring (bicyclic) bond motifs is 1. The molecule has 1 heterocycles. The lowest BCUT2D eigenvalue weighted by Gasteiger charge is -2.12. The van der Waals surface area contributed by atoms with Crippen LogP contribution in [0.3, 0.4) is 0 Å². The first-order valence-corrected chi connectivity index (χ1v) is 4.98. The van der Waals surface area contributed by atoms with Gasteiger partial charge >= 0.3 is 11.7 Å². The predicted octanol–water partition coefficient (Wildman–Crippen LogP) is 0.335. The van der Waals surface area contributed by atoms with E-state index < -0.39 is 23.3 Å². The fourth-order valence-corrected chi connectivity index (χ4v) is 1.70. The SMILES string of the molecule is CC(C(=O)O)n1c(=O)[nH]c(=O)c2ccccc21. The molecule has 0 aliphatic carbocycles. The highest BCUT2D eigenvalue weighted by Gasteiger charge is 2.18. The van der Waals surface area contributed by atoms with Crippen LogP contribution in [0.4, 0.5) is 0 Å². The summed E-state index contributed by atoms with van der Waals surface area (Å²) in [5.74, 6) is -1.13. The third kappa shape index (κ3) is 1.73. The Hall–Kier alpha value is -2.37. The third-order valence-electron chi connectivity index (χ3n) is 2.59. The second-order valence-corrected chi connectivity index (χ2v) is 3.66. The minimum absolute atomic E-state index is 0.292. The van der Waals surface area contributed by atoms with Crippen molar-refractivity contribution in [2.45, 2.75) is 13.0 Å². The van der Waals surface area contributed by atoms with Crippen LogP contribution in [0, 0.1) is 0 Å². The molecular formula is C11H10N2O4. The second-order valence-electron chi connectivity index (χ2n) is 3.66. The van der Waals surface area contributed by atoms with Crippen LogP contribution in [0.25, 0.3) is 10.9 Å². The zero-order valence-corrected chi connectivity index (χ0v) is 9.01. The molecule has 1 aromatic carbocycles. The molecule has 6 nitrogen and oxygen atoms in total. The Morgan fingerprint density at radius 1 is 1.35 bits per heavy atom. The molecule has 2 rings (SSSR count). The number of rotatable bonds is 2. The van der Waals surface area contributed by atoms with Crippen molar-refractivity contribution in [3.8, 4) is 0 Å². The van der Waals surface area contributed by atoms with Crippen molar-refractivity contribution in [3.05, 3.63) is 45.1 Å². The van der Waals surface area contributed by atoms with E-state index in [2.05, 4.69) is 4.98 Å². The van der Waals surface area contributed by atoms with Gasteiger partial charge in [-0.2, -0.15) is 0 Å². The Bertz CT molecular complexity index is 698. The summed E-state index contributed by atoms with van der Waals surface area (Å²) in [6.07, 6.45) is 0. The van der Waals surface area contributed by atoms with Crippen LogP contribution in [0.2, 0.25) is 0 Å². The first kappa shape index (κ1) is 11.1. The zero-order valence-electron chi connectivity index (χ0n) is 9.01. The van der Waals surface area contributed by atoms with Gasteiger partial charge in [0.25, 0.3) is 5.56 Å². The van der Waals surface area contributed by atoms with Crippen LogP contribution >= 0.6 is 0 Å². The number of nitrogens with one attached hydrogen (secondary N) is 1. The van der Waals surface area contributed by atoms with Gasteiger partial charge in [-0.3, -0.25) is 14.3 Å². The molecule has 0 spiro atoms. The van der Waals surface area contributed by atoms with Gasteiger partial charge in [0.1, 0.15) is 6.04 Å². The maximum Gasteiger partial charge on any atom is 0.329 e. The molecule has 2 N–H and O–H groups in total. The molecule has 0 saturated carbocycles. The van der Waals surface area contributed by atoms with Crippen molar-refractivity contribution >= 4 is 16.9 Å². The van der Waals surface area contributed by atoms with Crippen molar-refractivity contribution in [1.82, 2.24) is 9.55 Å². The minimum atomic E-state index is -1.13. The van der Waals surface area contributed by atoms with Crippen LogP contribution < -0.4 is 11.2 Å². The normalized spacial score (nSPS) is 12.5. The number of carboxylic acid groups (broad SMARTS) is 1. The molecule has 2 aromatic rings. The highest BCUT2D eigenvalue weighted by molar-refractivity contribution is 5.80. The van der Waals surface area contributed by atoms with E-state index in [1.807, 2.05) is 0 Å². The monoisotopic (exact) mass is 234 g/mol. The number of aromatic nitrogens is 2. The number of carbonyl (C=O) groups is 1. The number of para-hydroxylation sites is 1. The Morgan fingerprint density at radius 3 is 2.65 bits per heavy atom. The van der Waals surface area contributed by atoms with Crippen LogP contribution in [-0.4, -0.2) is 20.6 Å². The Balaban J connectivity index is 2.92. The van der Waals surface area contributed by atoms with Gasteiger partial charge in [-0.1, -0.05) is 12.1 Å². The summed E-state index contributed by atoms with van der Waals surface area (Å²) in [6, 6.07) is 5.35. The Labute approximate surface area is 95.1 Å². The summed E-state index contributed by atoms with van der Waals surface area (Å²) in [4.78, 5) is 36.2. The molecular weight excluding hydrogens is 224 g/mol. The minimum Gasteiger partial charge on any atom is -0.480 e. The number of benzene rings is 1. The molecule has 0 fully saturated rings. The van der Waals surface area contributed by atoms with E-state index in [1.165, 1.54) is 6.92 Å². The van der Waals surface area contributed by atoms with E-state index >= 15 is 0 Å². The van der Waals surface area contributed by atoms with Crippen molar-refractivity contribution in [3.63, 3.8) is 0 Å². The van der Waals surface area contributed by atoms with Crippen LogP contribution in [0.1, 0.15) is 13.0 Å². The van der Waals surface area contributed by atoms with E-state index in [0.717, 1.165) is 4.57 Å². The summed E-state index contributed by atoms with van der Waals surface area (Å²) in [5.41, 5.74) is -0.917. The molecule has 1 aromatic heterocycles. The molecule has 0 saturated heterocycles. The van der Waals surface area contributed by atoms with Crippen molar-refractivity contribution in [2.24, 2.45) is 0 Å². The molecule has 0 radical (unpaired) electrons. The van der Waals surface area contributed by atoms with Gasteiger partial charge in [-0.15, -0.1) is 0 Å². The summed E-state index contributed by atoms with van der Waals surface area (Å²) in [7, 11) is 0. The smallest absolute Gasteiger partial charge is 0.329 e. The molecule has 88 valence electrons. The maximum absolute atomic E-state index is 11.6. The van der Waals surface area contributed by atoms with E-state index in [4.69, 9.17) is 5.11 Å². The summed E-state index contributed by atoms with van der Waals surface area (Å²) in [6.45, 7) is 1.38. The van der Waals surface area contributed by atoms with Gasteiger partial charge in [-0.05, 0) is 19.1 Å². The number of H-pyrrole nitrogens is 1. The molecule has 0 bridgehead atoms. The van der Waals surface area contributed by atoms with Gasteiger partial charge in [0.05, 0.1) is 10.9 Å². The fraction of sp³-hybridized carbons (Fsp3) is 0.182. The number of hydrogen-bond acceptors (Lipinski definition) is 3. The van der Waals surface area contributed by atoms with Crippen LogP contribution in [0.5, 0.6) is 0 Å². The number of aromatic amines is 1. The predicted molar refractivity (Wildman–Crippen MR) is 61.2 cm³/mol. The third-order valence-corrected chi connectivity index (χ3v) is 2.59. The van der Waals surface area contributed by atoms with Gasteiger partial charge < -0.3 is 5.11 Å². The van der Waals surface area contributed by atoms with E-state index in [9.17, 15) is 14.4 Å². The highest BCUT2D eigenvalue weighted by atomic mass is 16.4. The number of aliphatic carboxylic acids is 1. The molecule has 1 unspecified atom stereocenters. The average molecular weight is 234 g/mol. The standard InChI is InChI=1S/C11H10N2O4/c1-6(10(15)16)13-8-5-3-2-4-7(8)9(14)12-11(13)17/h2-6H,1H3,(H,15,16)(H,12,14,17). The first-order chi connectivity index (χ1) is 8.02. The largest absolute Gasteiger partial charge is 0.480 e. The fourth-order valence-electron chi connectivity index (χ4n) is 1.70.